The number of fused-ring (bicyclic) bond motifs is 3. The van der Waals surface area contributed by atoms with Gasteiger partial charge < -0.3 is 15.1 Å². The molecule has 2 aromatic carbocycles. The fourth-order valence-corrected chi connectivity index (χ4v) is 4.72. The zero-order valence-electron chi connectivity index (χ0n) is 18.3. The van der Waals surface area contributed by atoms with Crippen LogP contribution in [0, 0.1) is 33.3 Å². The Labute approximate surface area is 187 Å². The van der Waals surface area contributed by atoms with Crippen molar-refractivity contribution in [3.05, 3.63) is 63.7 Å². The lowest BCUT2D eigenvalue weighted by atomic mass is 9.83. The fraction of sp³-hybridized carbons (Fsp3) is 0.417. The maximum Gasteiger partial charge on any atom is 0.269 e. The van der Waals surface area contributed by atoms with E-state index >= 15 is 0 Å². The van der Waals surface area contributed by atoms with Crippen LogP contribution in [-0.4, -0.2) is 43.1 Å². The summed E-state index contributed by atoms with van der Waals surface area (Å²) in [4.78, 5) is 28.5. The van der Waals surface area contributed by atoms with E-state index in [-0.39, 0.29) is 23.6 Å². The third-order valence-electron chi connectivity index (χ3n) is 6.29. The molecule has 8 nitrogen and oxygen atoms in total. The van der Waals surface area contributed by atoms with Gasteiger partial charge in [0.15, 0.2) is 0 Å². The maximum absolute atomic E-state index is 13.2. The van der Waals surface area contributed by atoms with Gasteiger partial charge >= 0.3 is 0 Å². The number of nitro groups is 1. The van der Waals surface area contributed by atoms with Crippen molar-refractivity contribution in [3.63, 3.8) is 0 Å². The second-order valence-corrected chi connectivity index (χ2v) is 8.86. The number of nitro benzene ring substituents is 1. The average molecular weight is 434 g/mol. The molecule has 2 aliphatic rings. The Balaban J connectivity index is 1.68. The Hall–Kier alpha value is -3.60. The molecular formula is C24H27N5O3. The summed E-state index contributed by atoms with van der Waals surface area (Å²) in [5.74, 6) is -0.0287. The number of hydrogen-bond acceptors (Lipinski definition) is 6. The number of nitriles is 1. The zero-order valence-corrected chi connectivity index (χ0v) is 18.3. The summed E-state index contributed by atoms with van der Waals surface area (Å²) >= 11 is 0. The van der Waals surface area contributed by atoms with Gasteiger partial charge in [0.05, 0.1) is 28.1 Å². The smallest absolute Gasteiger partial charge is 0.269 e. The molecule has 0 spiro atoms. The van der Waals surface area contributed by atoms with Gasteiger partial charge in [0.25, 0.3) is 5.69 Å². The molecule has 0 radical (unpaired) electrons. The normalized spacial score (nSPS) is 19.7. The SMILES string of the molecule is CC(C)CNC(=O)[C@@H]1Cc2cc([N+](=O)[O-])ccc2N2CCN(c3ccccc3C#N)C[C@H]12. The highest BCUT2D eigenvalue weighted by atomic mass is 16.6. The number of nitrogens with zero attached hydrogens (tertiary/aromatic N) is 4. The number of hydrogen-bond donors (Lipinski definition) is 1. The van der Waals surface area contributed by atoms with Crippen LogP contribution in [-0.2, 0) is 11.2 Å². The van der Waals surface area contributed by atoms with E-state index in [2.05, 4.69) is 21.2 Å². The molecule has 1 fully saturated rings. The molecule has 8 heteroatoms. The van der Waals surface area contributed by atoms with Crippen molar-refractivity contribution >= 4 is 23.0 Å². The molecule has 32 heavy (non-hydrogen) atoms. The first kappa shape index (κ1) is 21.6. The average Bonchev–Trinajstić information content (AvgIpc) is 2.81. The predicted octanol–water partition coefficient (Wildman–Crippen LogP) is 3.11. The standard InChI is InChI=1S/C24H27N5O3/c1-16(2)14-26-24(30)20-12-18-11-19(29(31)32)7-8-22(18)28-10-9-27(15-23(20)28)21-6-4-3-5-17(21)13-25/h3-8,11,16,20,23H,9-10,12,14-15H2,1-2H3,(H,26,30)/t20-,23-/m1/s1. The van der Waals surface area contributed by atoms with E-state index in [1.54, 1.807) is 6.07 Å². The summed E-state index contributed by atoms with van der Waals surface area (Å²) in [7, 11) is 0. The minimum atomic E-state index is -0.392. The highest BCUT2D eigenvalue weighted by molar-refractivity contribution is 5.82. The minimum absolute atomic E-state index is 0.0266. The number of para-hydroxylation sites is 1. The monoisotopic (exact) mass is 433 g/mol. The maximum atomic E-state index is 13.2. The fourth-order valence-electron chi connectivity index (χ4n) is 4.72. The molecule has 2 atom stereocenters. The summed E-state index contributed by atoms with van der Waals surface area (Å²) in [6.07, 6.45) is 0.454. The molecule has 1 saturated heterocycles. The van der Waals surface area contributed by atoms with Gasteiger partial charge in [-0.1, -0.05) is 26.0 Å². The Bertz CT molecular complexity index is 1080. The van der Waals surface area contributed by atoms with E-state index in [0.29, 0.717) is 44.1 Å². The van der Waals surface area contributed by atoms with Gasteiger partial charge in [-0.25, -0.2) is 0 Å². The van der Waals surface area contributed by atoms with Gasteiger partial charge in [0.2, 0.25) is 5.91 Å². The van der Waals surface area contributed by atoms with E-state index in [4.69, 9.17) is 0 Å². The lowest BCUT2D eigenvalue weighted by molar-refractivity contribution is -0.384. The van der Waals surface area contributed by atoms with Crippen LogP contribution in [0.15, 0.2) is 42.5 Å². The van der Waals surface area contributed by atoms with Crippen LogP contribution >= 0.6 is 0 Å². The third-order valence-corrected chi connectivity index (χ3v) is 6.29. The molecule has 4 rings (SSSR count). The number of anilines is 2. The molecule has 0 aromatic heterocycles. The lowest BCUT2D eigenvalue weighted by Gasteiger charge is -2.49. The summed E-state index contributed by atoms with van der Waals surface area (Å²) in [5.41, 5.74) is 3.34. The van der Waals surface area contributed by atoms with E-state index in [0.717, 1.165) is 16.9 Å². The van der Waals surface area contributed by atoms with Crippen LogP contribution in [0.2, 0.25) is 0 Å². The van der Waals surface area contributed by atoms with Crippen molar-refractivity contribution < 1.29 is 9.72 Å². The quantitative estimate of drug-likeness (QED) is 0.574. The summed E-state index contributed by atoms with van der Waals surface area (Å²) in [6, 6.07) is 14.7. The number of non-ortho nitro benzene ring substituents is 1. The Morgan fingerprint density at radius 2 is 2.03 bits per heavy atom. The lowest BCUT2D eigenvalue weighted by Crippen LogP contribution is -2.61. The molecule has 1 amide bonds. The van der Waals surface area contributed by atoms with Crippen LogP contribution in [0.25, 0.3) is 0 Å². The van der Waals surface area contributed by atoms with Gasteiger partial charge in [-0.05, 0) is 36.1 Å². The van der Waals surface area contributed by atoms with Crippen molar-refractivity contribution in [1.29, 1.82) is 5.26 Å². The van der Waals surface area contributed by atoms with Crippen molar-refractivity contribution in [2.75, 3.05) is 36.0 Å². The summed E-state index contributed by atoms with van der Waals surface area (Å²) in [6.45, 7) is 6.66. The first-order chi connectivity index (χ1) is 15.4. The molecule has 166 valence electrons. The van der Waals surface area contributed by atoms with E-state index in [1.807, 2.05) is 44.2 Å². The van der Waals surface area contributed by atoms with Crippen molar-refractivity contribution in [1.82, 2.24) is 5.32 Å². The topological polar surface area (TPSA) is 103 Å². The third kappa shape index (κ3) is 4.11. The summed E-state index contributed by atoms with van der Waals surface area (Å²) < 4.78 is 0. The van der Waals surface area contributed by atoms with Crippen LogP contribution in [0.3, 0.4) is 0 Å². The van der Waals surface area contributed by atoms with Crippen LogP contribution in [0.4, 0.5) is 17.1 Å². The number of rotatable bonds is 5. The van der Waals surface area contributed by atoms with Crippen LogP contribution < -0.4 is 15.1 Å². The van der Waals surface area contributed by atoms with Gasteiger partial charge in [-0.3, -0.25) is 14.9 Å². The van der Waals surface area contributed by atoms with Gasteiger partial charge in [0.1, 0.15) is 6.07 Å². The van der Waals surface area contributed by atoms with E-state index in [1.165, 1.54) is 6.07 Å². The number of amides is 1. The predicted molar refractivity (Wildman–Crippen MR) is 123 cm³/mol. The molecule has 0 aliphatic carbocycles. The van der Waals surface area contributed by atoms with Gasteiger partial charge in [0, 0.05) is 44.0 Å². The first-order valence-electron chi connectivity index (χ1n) is 10.9. The van der Waals surface area contributed by atoms with Crippen molar-refractivity contribution in [2.45, 2.75) is 26.3 Å². The Kier molecular flexibility index (Phi) is 5.99. The van der Waals surface area contributed by atoms with Crippen LogP contribution in [0.5, 0.6) is 0 Å². The molecular weight excluding hydrogens is 406 g/mol. The Morgan fingerprint density at radius 1 is 1.25 bits per heavy atom. The van der Waals surface area contributed by atoms with Gasteiger partial charge in [-0.15, -0.1) is 0 Å². The van der Waals surface area contributed by atoms with Crippen molar-refractivity contribution in [3.8, 4) is 6.07 Å². The first-order valence-corrected chi connectivity index (χ1v) is 10.9. The molecule has 2 heterocycles. The molecule has 0 unspecified atom stereocenters. The highest BCUT2D eigenvalue weighted by Gasteiger charge is 2.42. The zero-order chi connectivity index (χ0) is 22.8. The van der Waals surface area contributed by atoms with E-state index < -0.39 is 4.92 Å². The molecule has 0 bridgehead atoms. The number of benzene rings is 2. The van der Waals surface area contributed by atoms with Crippen molar-refractivity contribution in [2.24, 2.45) is 11.8 Å². The molecule has 1 N–H and O–H groups in total. The molecule has 2 aromatic rings. The van der Waals surface area contributed by atoms with Gasteiger partial charge in [-0.2, -0.15) is 5.26 Å². The number of piperazine rings is 1. The Morgan fingerprint density at radius 3 is 2.75 bits per heavy atom. The van der Waals surface area contributed by atoms with E-state index in [9.17, 15) is 20.2 Å². The summed E-state index contributed by atoms with van der Waals surface area (Å²) in [5, 5.41) is 23.9. The largest absolute Gasteiger partial charge is 0.367 e. The number of carbonyl (C=O) groups excluding carboxylic acids is 1. The van der Waals surface area contributed by atoms with Crippen LogP contribution in [0.1, 0.15) is 25.0 Å². The number of carbonyl (C=O) groups is 1. The molecule has 2 aliphatic heterocycles. The molecule has 0 saturated carbocycles. The second kappa shape index (κ2) is 8.87. The second-order valence-electron chi connectivity index (χ2n) is 8.86. The minimum Gasteiger partial charge on any atom is -0.367 e. The highest BCUT2D eigenvalue weighted by Crippen LogP contribution is 2.39. The number of nitrogens with one attached hydrogen (secondary N) is 1.